The Labute approximate surface area is 77.0 Å². The van der Waals surface area contributed by atoms with Crippen LogP contribution in [0.15, 0.2) is 30.4 Å². The van der Waals surface area contributed by atoms with E-state index in [4.69, 9.17) is 0 Å². The van der Waals surface area contributed by atoms with Gasteiger partial charge in [-0.25, -0.2) is 0 Å². The SMILES string of the molecule is C1=CCc2cc3n(c2=C1)CC=CC=3. The lowest BCUT2D eigenvalue weighted by molar-refractivity contribution is 0.766. The van der Waals surface area contributed by atoms with Crippen molar-refractivity contribution >= 4 is 12.2 Å². The zero-order valence-electron chi connectivity index (χ0n) is 7.40. The zero-order valence-corrected chi connectivity index (χ0v) is 7.40. The van der Waals surface area contributed by atoms with Crippen molar-refractivity contribution in [1.82, 2.24) is 4.57 Å². The molecule has 0 spiro atoms. The van der Waals surface area contributed by atoms with Crippen molar-refractivity contribution in [3.8, 4) is 0 Å². The second-order valence-corrected chi connectivity index (χ2v) is 3.48. The van der Waals surface area contributed by atoms with Crippen LogP contribution in [0.4, 0.5) is 0 Å². The van der Waals surface area contributed by atoms with E-state index >= 15 is 0 Å². The average molecular weight is 169 g/mol. The Hall–Kier alpha value is -1.50. The lowest BCUT2D eigenvalue weighted by atomic mass is 10.1. The Morgan fingerprint density at radius 1 is 1.08 bits per heavy atom. The average Bonchev–Trinajstić information content (AvgIpc) is 2.56. The number of aromatic nitrogens is 1. The third kappa shape index (κ3) is 0.934. The second kappa shape index (κ2) is 2.49. The minimum Gasteiger partial charge on any atom is -0.337 e. The molecule has 1 aromatic heterocycles. The van der Waals surface area contributed by atoms with Crippen molar-refractivity contribution in [1.29, 1.82) is 0 Å². The summed E-state index contributed by atoms with van der Waals surface area (Å²) in [6.45, 7) is 1.02. The van der Waals surface area contributed by atoms with Crippen LogP contribution in [0.1, 0.15) is 5.56 Å². The van der Waals surface area contributed by atoms with Crippen LogP contribution in [0, 0.1) is 0 Å². The Kier molecular flexibility index (Phi) is 1.33. The second-order valence-electron chi connectivity index (χ2n) is 3.48. The van der Waals surface area contributed by atoms with Gasteiger partial charge in [0.1, 0.15) is 0 Å². The molecule has 0 amide bonds. The fourth-order valence-electron chi connectivity index (χ4n) is 2.03. The van der Waals surface area contributed by atoms with Gasteiger partial charge in [0, 0.05) is 17.2 Å². The van der Waals surface area contributed by atoms with Crippen molar-refractivity contribution in [2.45, 2.75) is 13.0 Å². The predicted octanol–water partition coefficient (Wildman–Crippen LogP) is 0.731. The molecule has 1 nitrogen and oxygen atoms in total. The maximum atomic E-state index is 2.36. The predicted molar refractivity (Wildman–Crippen MR) is 54.6 cm³/mol. The highest BCUT2D eigenvalue weighted by molar-refractivity contribution is 5.46. The van der Waals surface area contributed by atoms with Gasteiger partial charge in [0.05, 0.1) is 0 Å². The summed E-state index contributed by atoms with van der Waals surface area (Å²) in [4.78, 5) is 0. The van der Waals surface area contributed by atoms with Crippen LogP contribution in [-0.2, 0) is 13.0 Å². The molecule has 0 unspecified atom stereocenters. The van der Waals surface area contributed by atoms with E-state index in [9.17, 15) is 0 Å². The van der Waals surface area contributed by atoms with Gasteiger partial charge in [0.2, 0.25) is 0 Å². The van der Waals surface area contributed by atoms with Crippen molar-refractivity contribution in [3.05, 3.63) is 46.6 Å². The normalized spacial score (nSPS) is 17.2. The molecule has 1 heteroatoms. The van der Waals surface area contributed by atoms with E-state index in [0.29, 0.717) is 0 Å². The van der Waals surface area contributed by atoms with E-state index in [1.54, 1.807) is 0 Å². The van der Waals surface area contributed by atoms with Crippen LogP contribution in [0.25, 0.3) is 12.2 Å². The molecule has 1 aliphatic carbocycles. The molecule has 1 aliphatic heterocycles. The van der Waals surface area contributed by atoms with Gasteiger partial charge >= 0.3 is 0 Å². The molecule has 0 saturated heterocycles. The summed E-state index contributed by atoms with van der Waals surface area (Å²) < 4.78 is 2.36. The van der Waals surface area contributed by atoms with E-state index in [1.807, 2.05) is 0 Å². The molecular weight excluding hydrogens is 158 g/mol. The summed E-state index contributed by atoms with van der Waals surface area (Å²) in [5.41, 5.74) is 1.46. The first-order valence-corrected chi connectivity index (χ1v) is 4.67. The zero-order chi connectivity index (χ0) is 8.67. The third-order valence-electron chi connectivity index (χ3n) is 2.67. The number of nitrogens with zero attached hydrogens (tertiary/aromatic N) is 1. The van der Waals surface area contributed by atoms with E-state index in [1.165, 1.54) is 16.3 Å². The van der Waals surface area contributed by atoms with Gasteiger partial charge in [-0.15, -0.1) is 0 Å². The molecular formula is C12H11N. The van der Waals surface area contributed by atoms with Crippen LogP contribution in [0.5, 0.6) is 0 Å². The van der Waals surface area contributed by atoms with Crippen molar-refractivity contribution in [2.75, 3.05) is 0 Å². The molecule has 0 atom stereocenters. The fraction of sp³-hybridized carbons (Fsp3) is 0.167. The first-order chi connectivity index (χ1) is 6.45. The number of hydrogen-bond donors (Lipinski definition) is 0. The van der Waals surface area contributed by atoms with Crippen molar-refractivity contribution in [2.24, 2.45) is 0 Å². The summed E-state index contributed by atoms with van der Waals surface area (Å²) in [7, 11) is 0. The van der Waals surface area contributed by atoms with Crippen LogP contribution in [-0.4, -0.2) is 4.57 Å². The smallest absolute Gasteiger partial charge is 0.0450 e. The number of fused-ring (bicyclic) bond motifs is 3. The molecule has 0 N–H and O–H groups in total. The van der Waals surface area contributed by atoms with Gasteiger partial charge in [-0.3, -0.25) is 0 Å². The van der Waals surface area contributed by atoms with Crippen LogP contribution in [0.2, 0.25) is 0 Å². The summed E-state index contributed by atoms with van der Waals surface area (Å²) in [5, 5.41) is 2.73. The maximum absolute atomic E-state index is 2.36. The molecule has 13 heavy (non-hydrogen) atoms. The summed E-state index contributed by atoms with van der Waals surface area (Å²) in [6, 6.07) is 2.29. The molecule has 0 aromatic carbocycles. The minimum atomic E-state index is 1.02. The lowest BCUT2D eigenvalue weighted by Crippen LogP contribution is -2.28. The summed E-state index contributed by atoms with van der Waals surface area (Å²) >= 11 is 0. The van der Waals surface area contributed by atoms with Gasteiger partial charge < -0.3 is 4.57 Å². The largest absolute Gasteiger partial charge is 0.337 e. The molecule has 2 heterocycles. The minimum absolute atomic E-state index is 1.02. The molecule has 3 rings (SSSR count). The summed E-state index contributed by atoms with van der Waals surface area (Å²) in [5.74, 6) is 0. The van der Waals surface area contributed by atoms with Crippen LogP contribution >= 0.6 is 0 Å². The quantitative estimate of drug-likeness (QED) is 0.539. The Morgan fingerprint density at radius 3 is 3.00 bits per heavy atom. The monoisotopic (exact) mass is 169 g/mol. The Balaban J connectivity index is 2.41. The molecule has 64 valence electrons. The van der Waals surface area contributed by atoms with E-state index in [0.717, 1.165) is 13.0 Å². The van der Waals surface area contributed by atoms with E-state index in [-0.39, 0.29) is 0 Å². The molecule has 0 bridgehead atoms. The highest BCUT2D eigenvalue weighted by Gasteiger charge is 2.05. The molecule has 0 saturated carbocycles. The Morgan fingerprint density at radius 2 is 2.00 bits per heavy atom. The molecule has 1 aromatic rings. The fourth-order valence-corrected chi connectivity index (χ4v) is 2.03. The third-order valence-corrected chi connectivity index (χ3v) is 2.67. The molecule has 0 fully saturated rings. The standard InChI is InChI=1S/C12H11N/c1-2-7-12-10(5-1)9-11-6-3-4-8-13(11)12/h1-4,6-7,9H,5,8H2. The van der Waals surface area contributed by atoms with E-state index < -0.39 is 0 Å². The van der Waals surface area contributed by atoms with E-state index in [2.05, 4.69) is 47.1 Å². The topological polar surface area (TPSA) is 4.93 Å². The number of hydrogen-bond acceptors (Lipinski definition) is 0. The molecule has 2 aliphatic rings. The highest BCUT2D eigenvalue weighted by atomic mass is 15.0. The number of rotatable bonds is 0. The first-order valence-electron chi connectivity index (χ1n) is 4.67. The molecule has 0 radical (unpaired) electrons. The van der Waals surface area contributed by atoms with Gasteiger partial charge in [0.25, 0.3) is 0 Å². The van der Waals surface area contributed by atoms with Gasteiger partial charge in [-0.2, -0.15) is 0 Å². The maximum Gasteiger partial charge on any atom is 0.0450 e. The Bertz CT molecular complexity index is 512. The van der Waals surface area contributed by atoms with Gasteiger partial charge in [-0.1, -0.05) is 24.3 Å². The highest BCUT2D eigenvalue weighted by Crippen LogP contribution is 2.00. The van der Waals surface area contributed by atoms with Crippen molar-refractivity contribution in [3.63, 3.8) is 0 Å². The number of allylic oxidation sites excluding steroid dienone is 4. The lowest BCUT2D eigenvalue weighted by Gasteiger charge is -2.05. The van der Waals surface area contributed by atoms with Crippen LogP contribution in [0.3, 0.4) is 0 Å². The first kappa shape index (κ1) is 6.96. The van der Waals surface area contributed by atoms with Gasteiger partial charge in [-0.05, 0) is 30.2 Å². The van der Waals surface area contributed by atoms with Gasteiger partial charge in [0.15, 0.2) is 0 Å². The van der Waals surface area contributed by atoms with Crippen LogP contribution < -0.4 is 10.7 Å². The summed E-state index contributed by atoms with van der Waals surface area (Å²) in [6.07, 6.45) is 14.1. The van der Waals surface area contributed by atoms with Crippen molar-refractivity contribution < 1.29 is 0 Å².